The average molecular weight is 622 g/mol. The number of anilines is 1. The fraction of sp³-hybridized carbons (Fsp3) is 0.212. The van der Waals surface area contributed by atoms with E-state index in [1.54, 1.807) is 18.2 Å². The van der Waals surface area contributed by atoms with E-state index in [0.717, 1.165) is 21.0 Å². The first-order chi connectivity index (χ1) is 20.5. The molecule has 1 atom stereocenters. The van der Waals surface area contributed by atoms with Crippen LogP contribution in [0.1, 0.15) is 22.3 Å². The molecule has 0 fully saturated rings. The number of hydrogen-bond donors (Lipinski definition) is 1. The van der Waals surface area contributed by atoms with E-state index in [4.69, 9.17) is 11.6 Å². The van der Waals surface area contributed by atoms with Crippen LogP contribution in [0.4, 0.5) is 10.1 Å². The van der Waals surface area contributed by atoms with Crippen LogP contribution in [-0.4, -0.2) is 44.8 Å². The Kier molecular flexibility index (Phi) is 10.2. The smallest absolute Gasteiger partial charge is 0.264 e. The van der Waals surface area contributed by atoms with Gasteiger partial charge in [0, 0.05) is 25.0 Å². The number of rotatable bonds is 11. The van der Waals surface area contributed by atoms with E-state index in [1.807, 2.05) is 44.2 Å². The molecule has 7 nitrogen and oxygen atoms in total. The van der Waals surface area contributed by atoms with Gasteiger partial charge in [-0.3, -0.25) is 13.9 Å². The topological polar surface area (TPSA) is 86.8 Å². The first-order valence-corrected chi connectivity index (χ1v) is 15.5. The molecule has 0 aliphatic rings. The van der Waals surface area contributed by atoms with Crippen LogP contribution in [-0.2, 0) is 32.6 Å². The molecule has 0 aromatic heterocycles. The van der Waals surface area contributed by atoms with Crippen LogP contribution in [0.5, 0.6) is 0 Å². The van der Waals surface area contributed by atoms with Crippen LogP contribution in [0.25, 0.3) is 0 Å². The SMILES string of the molecule is CNC(=O)C(Cc1ccccc1)N(Cc1ccc(F)cc1)C(=O)CN(c1ccc(C)c(C)c1)S(=O)(=O)c1ccc(Cl)cc1. The van der Waals surface area contributed by atoms with Crippen LogP contribution in [0.3, 0.4) is 0 Å². The van der Waals surface area contributed by atoms with Crippen molar-refractivity contribution in [3.05, 3.63) is 130 Å². The molecule has 4 rings (SSSR count). The summed E-state index contributed by atoms with van der Waals surface area (Å²) < 4.78 is 42.8. The van der Waals surface area contributed by atoms with Gasteiger partial charge < -0.3 is 10.2 Å². The maximum Gasteiger partial charge on any atom is 0.264 e. The molecular weight excluding hydrogens is 589 g/mol. The van der Waals surface area contributed by atoms with Gasteiger partial charge in [0.1, 0.15) is 18.4 Å². The molecule has 0 aliphatic carbocycles. The Morgan fingerprint density at radius 3 is 2.12 bits per heavy atom. The predicted octanol–water partition coefficient (Wildman–Crippen LogP) is 5.68. The summed E-state index contributed by atoms with van der Waals surface area (Å²) in [5.74, 6) is -1.47. The molecule has 43 heavy (non-hydrogen) atoms. The van der Waals surface area contributed by atoms with E-state index >= 15 is 0 Å². The van der Waals surface area contributed by atoms with Crippen molar-refractivity contribution >= 4 is 39.1 Å². The predicted molar refractivity (Wildman–Crippen MR) is 167 cm³/mol. The van der Waals surface area contributed by atoms with E-state index in [-0.39, 0.29) is 17.9 Å². The number of benzene rings is 4. The summed E-state index contributed by atoms with van der Waals surface area (Å²) in [4.78, 5) is 28.9. The summed E-state index contributed by atoms with van der Waals surface area (Å²) in [5, 5.41) is 3.01. The first-order valence-electron chi connectivity index (χ1n) is 13.6. The minimum atomic E-state index is -4.24. The van der Waals surface area contributed by atoms with Crippen LogP contribution in [0.2, 0.25) is 5.02 Å². The summed E-state index contributed by atoms with van der Waals surface area (Å²) in [6.45, 7) is 3.13. The average Bonchev–Trinajstić information content (AvgIpc) is 3.00. The van der Waals surface area contributed by atoms with Crippen molar-refractivity contribution in [1.29, 1.82) is 0 Å². The molecule has 0 spiro atoms. The molecule has 224 valence electrons. The highest BCUT2D eigenvalue weighted by Crippen LogP contribution is 2.27. The molecule has 0 saturated carbocycles. The van der Waals surface area contributed by atoms with Crippen LogP contribution < -0.4 is 9.62 Å². The normalized spacial score (nSPS) is 11.9. The van der Waals surface area contributed by atoms with Gasteiger partial charge >= 0.3 is 0 Å². The minimum absolute atomic E-state index is 0.0415. The molecule has 1 N–H and O–H groups in total. The molecule has 4 aromatic carbocycles. The van der Waals surface area contributed by atoms with Crippen molar-refractivity contribution in [3.8, 4) is 0 Å². The Labute approximate surface area is 257 Å². The third-order valence-electron chi connectivity index (χ3n) is 7.24. The maximum atomic E-state index is 14.3. The number of carbonyl (C=O) groups is 2. The van der Waals surface area contributed by atoms with Gasteiger partial charge in [-0.25, -0.2) is 12.8 Å². The first kappa shape index (κ1) is 31.7. The number of halogens is 2. The third kappa shape index (κ3) is 7.80. The fourth-order valence-corrected chi connectivity index (χ4v) is 6.18. The maximum absolute atomic E-state index is 14.3. The van der Waals surface area contributed by atoms with E-state index in [2.05, 4.69) is 5.32 Å². The van der Waals surface area contributed by atoms with Crippen LogP contribution >= 0.6 is 11.6 Å². The van der Waals surface area contributed by atoms with Gasteiger partial charge in [0.05, 0.1) is 10.6 Å². The third-order valence-corrected chi connectivity index (χ3v) is 9.28. The number of aryl methyl sites for hydroxylation is 2. The summed E-state index contributed by atoms with van der Waals surface area (Å²) in [7, 11) is -2.76. The zero-order valence-electron chi connectivity index (χ0n) is 24.1. The molecule has 0 heterocycles. The highest BCUT2D eigenvalue weighted by Gasteiger charge is 2.34. The zero-order chi connectivity index (χ0) is 31.1. The molecule has 0 saturated heterocycles. The van der Waals surface area contributed by atoms with Gasteiger partial charge in [0.2, 0.25) is 11.8 Å². The highest BCUT2D eigenvalue weighted by molar-refractivity contribution is 7.92. The lowest BCUT2D eigenvalue weighted by Crippen LogP contribution is -2.53. The molecule has 2 amide bonds. The number of carbonyl (C=O) groups excluding carboxylic acids is 2. The largest absolute Gasteiger partial charge is 0.357 e. The van der Waals surface area contributed by atoms with Gasteiger partial charge in [-0.1, -0.05) is 60.1 Å². The van der Waals surface area contributed by atoms with Gasteiger partial charge in [-0.15, -0.1) is 0 Å². The van der Waals surface area contributed by atoms with E-state index < -0.39 is 40.2 Å². The second kappa shape index (κ2) is 13.8. The van der Waals surface area contributed by atoms with Crippen molar-refractivity contribution < 1.29 is 22.4 Å². The number of nitrogens with one attached hydrogen (secondary N) is 1. The fourth-order valence-electron chi connectivity index (χ4n) is 4.65. The van der Waals surface area contributed by atoms with E-state index in [0.29, 0.717) is 16.3 Å². The van der Waals surface area contributed by atoms with Gasteiger partial charge in [-0.05, 0) is 84.6 Å². The van der Waals surface area contributed by atoms with Gasteiger partial charge in [0.15, 0.2) is 0 Å². The summed E-state index contributed by atoms with van der Waals surface area (Å²) >= 11 is 6.02. The molecular formula is C33H33ClFN3O4S. The Hall–Kier alpha value is -4.21. The molecule has 0 radical (unpaired) electrons. The van der Waals surface area contributed by atoms with Crippen molar-refractivity contribution in [1.82, 2.24) is 10.2 Å². The number of likely N-dealkylation sites (N-methyl/N-ethyl adjacent to an activating group) is 1. The Morgan fingerprint density at radius 1 is 0.860 bits per heavy atom. The number of amides is 2. The Balaban J connectivity index is 1.80. The number of hydrogen-bond acceptors (Lipinski definition) is 4. The Morgan fingerprint density at radius 2 is 1.51 bits per heavy atom. The Bertz CT molecular complexity index is 1680. The lowest BCUT2D eigenvalue weighted by molar-refractivity contribution is -0.139. The zero-order valence-corrected chi connectivity index (χ0v) is 25.7. The highest BCUT2D eigenvalue weighted by atomic mass is 35.5. The van der Waals surface area contributed by atoms with Gasteiger partial charge in [-0.2, -0.15) is 0 Å². The van der Waals surface area contributed by atoms with Crippen molar-refractivity contribution in [3.63, 3.8) is 0 Å². The van der Waals surface area contributed by atoms with Crippen molar-refractivity contribution in [2.45, 2.75) is 37.8 Å². The molecule has 10 heteroatoms. The van der Waals surface area contributed by atoms with Crippen molar-refractivity contribution in [2.24, 2.45) is 0 Å². The van der Waals surface area contributed by atoms with E-state index in [1.165, 1.54) is 60.5 Å². The standard InChI is InChI=1S/C33H33ClFN3O4S/c1-23-9-16-29(19-24(23)2)38(43(41,42)30-17-12-27(34)13-18-30)22-32(39)37(21-26-10-14-28(35)15-11-26)31(33(40)36-3)20-25-7-5-4-6-8-25/h4-19,31H,20-22H2,1-3H3,(H,36,40). The monoisotopic (exact) mass is 621 g/mol. The lowest BCUT2D eigenvalue weighted by Gasteiger charge is -2.33. The van der Waals surface area contributed by atoms with Crippen LogP contribution in [0, 0.1) is 19.7 Å². The quantitative estimate of drug-likeness (QED) is 0.234. The second-order valence-corrected chi connectivity index (χ2v) is 12.5. The van der Waals surface area contributed by atoms with Gasteiger partial charge in [0.25, 0.3) is 10.0 Å². The number of nitrogens with zero attached hydrogens (tertiary/aromatic N) is 2. The lowest BCUT2D eigenvalue weighted by atomic mass is 10.0. The molecule has 1 unspecified atom stereocenters. The van der Waals surface area contributed by atoms with Crippen molar-refractivity contribution in [2.75, 3.05) is 17.9 Å². The summed E-state index contributed by atoms with van der Waals surface area (Å²) in [6, 6.07) is 24.7. The second-order valence-electron chi connectivity index (χ2n) is 10.2. The molecule has 0 bridgehead atoms. The summed E-state index contributed by atoms with van der Waals surface area (Å²) in [6.07, 6.45) is 0.182. The van der Waals surface area contributed by atoms with E-state index in [9.17, 15) is 22.4 Å². The molecule has 4 aromatic rings. The summed E-state index contributed by atoms with van der Waals surface area (Å²) in [5.41, 5.74) is 3.49. The number of sulfonamides is 1. The minimum Gasteiger partial charge on any atom is -0.357 e. The van der Waals surface area contributed by atoms with Crippen LogP contribution in [0.15, 0.2) is 102 Å². The molecule has 0 aliphatic heterocycles.